The van der Waals surface area contributed by atoms with Gasteiger partial charge in [-0.1, -0.05) is 6.42 Å². The van der Waals surface area contributed by atoms with Crippen molar-refractivity contribution in [3.8, 4) is 0 Å². The number of hydrogen-bond acceptors (Lipinski definition) is 4. The standard InChI is InChI=1S/C10H20N2O3/c1-9(13)7-11-5-3-2-4-6-12-8-10(14)15/h11-12H,2-8H2,1H3,(H,14,15). The fourth-order valence-electron chi connectivity index (χ4n) is 1.14. The fraction of sp³-hybridized carbons (Fsp3) is 0.800. The first kappa shape index (κ1) is 14.1. The van der Waals surface area contributed by atoms with E-state index in [2.05, 4.69) is 10.6 Å². The van der Waals surface area contributed by atoms with Crippen molar-refractivity contribution >= 4 is 11.8 Å². The highest BCUT2D eigenvalue weighted by atomic mass is 16.4. The first-order chi connectivity index (χ1) is 7.13. The molecule has 0 fully saturated rings. The maximum Gasteiger partial charge on any atom is 0.317 e. The van der Waals surface area contributed by atoms with E-state index in [0.717, 1.165) is 32.4 Å². The fourth-order valence-corrected chi connectivity index (χ4v) is 1.14. The molecule has 0 aliphatic rings. The normalized spacial score (nSPS) is 10.2. The molecule has 0 atom stereocenters. The molecule has 3 N–H and O–H groups in total. The SMILES string of the molecule is CC(=O)CNCCCCCNCC(=O)O. The van der Waals surface area contributed by atoms with E-state index in [9.17, 15) is 9.59 Å². The molecule has 0 aromatic carbocycles. The summed E-state index contributed by atoms with van der Waals surface area (Å²) in [6.07, 6.45) is 3.02. The second kappa shape index (κ2) is 9.61. The number of rotatable bonds is 10. The van der Waals surface area contributed by atoms with Gasteiger partial charge in [-0.3, -0.25) is 9.59 Å². The summed E-state index contributed by atoms with van der Waals surface area (Å²) in [5.74, 6) is -0.670. The average molecular weight is 216 g/mol. The molecule has 0 unspecified atom stereocenters. The summed E-state index contributed by atoms with van der Waals surface area (Å²) in [5.41, 5.74) is 0. The predicted octanol–water partition coefficient (Wildman–Crippen LogP) is 0.00950. The van der Waals surface area contributed by atoms with Crippen LogP contribution in [0.15, 0.2) is 0 Å². The number of unbranched alkanes of at least 4 members (excludes halogenated alkanes) is 2. The molecule has 0 aliphatic carbocycles. The Morgan fingerprint density at radius 1 is 1.00 bits per heavy atom. The van der Waals surface area contributed by atoms with Crippen LogP contribution in [0.5, 0.6) is 0 Å². The van der Waals surface area contributed by atoms with Gasteiger partial charge in [-0.2, -0.15) is 0 Å². The van der Waals surface area contributed by atoms with Crippen LogP contribution in [0.1, 0.15) is 26.2 Å². The lowest BCUT2D eigenvalue weighted by atomic mass is 10.2. The van der Waals surface area contributed by atoms with E-state index in [1.807, 2.05) is 0 Å². The maximum atomic E-state index is 10.6. The van der Waals surface area contributed by atoms with Crippen LogP contribution in [-0.4, -0.2) is 43.0 Å². The van der Waals surface area contributed by atoms with Gasteiger partial charge < -0.3 is 15.7 Å². The van der Waals surface area contributed by atoms with Crippen molar-refractivity contribution in [2.75, 3.05) is 26.2 Å². The molecular formula is C10H20N2O3. The Kier molecular flexibility index (Phi) is 9.01. The zero-order chi connectivity index (χ0) is 11.5. The molecule has 0 aromatic heterocycles. The van der Waals surface area contributed by atoms with Crippen molar-refractivity contribution in [3.05, 3.63) is 0 Å². The van der Waals surface area contributed by atoms with Gasteiger partial charge in [-0.15, -0.1) is 0 Å². The molecule has 0 saturated carbocycles. The minimum atomic E-state index is -0.821. The van der Waals surface area contributed by atoms with Gasteiger partial charge in [0.1, 0.15) is 5.78 Å². The van der Waals surface area contributed by atoms with E-state index in [1.165, 1.54) is 0 Å². The lowest BCUT2D eigenvalue weighted by Crippen LogP contribution is -2.24. The summed E-state index contributed by atoms with van der Waals surface area (Å²) in [5, 5.41) is 14.2. The third-order valence-corrected chi connectivity index (χ3v) is 1.86. The van der Waals surface area contributed by atoms with Crippen LogP contribution in [-0.2, 0) is 9.59 Å². The zero-order valence-corrected chi connectivity index (χ0v) is 9.21. The lowest BCUT2D eigenvalue weighted by molar-refractivity contribution is -0.136. The molecule has 0 amide bonds. The van der Waals surface area contributed by atoms with Crippen LogP contribution in [0.25, 0.3) is 0 Å². The Labute approximate surface area is 90.2 Å². The molecule has 0 aliphatic heterocycles. The van der Waals surface area contributed by atoms with Crippen LogP contribution in [0, 0.1) is 0 Å². The van der Waals surface area contributed by atoms with Crippen LogP contribution < -0.4 is 10.6 Å². The number of aliphatic carboxylic acids is 1. The Bertz CT molecular complexity index is 175. The van der Waals surface area contributed by atoms with Crippen LogP contribution in [0.4, 0.5) is 0 Å². The summed E-state index contributed by atoms with van der Waals surface area (Å²) < 4.78 is 0. The third-order valence-electron chi connectivity index (χ3n) is 1.86. The van der Waals surface area contributed by atoms with E-state index in [1.54, 1.807) is 6.92 Å². The van der Waals surface area contributed by atoms with Crippen molar-refractivity contribution in [2.45, 2.75) is 26.2 Å². The van der Waals surface area contributed by atoms with Crippen LogP contribution >= 0.6 is 0 Å². The Hall–Kier alpha value is -0.940. The predicted molar refractivity (Wildman–Crippen MR) is 57.9 cm³/mol. The number of carboxylic acids is 1. The number of carboxylic acid groups (broad SMARTS) is 1. The smallest absolute Gasteiger partial charge is 0.317 e. The summed E-state index contributed by atoms with van der Waals surface area (Å²) in [6, 6.07) is 0. The molecule has 0 aromatic rings. The number of ketones is 1. The van der Waals surface area contributed by atoms with E-state index in [4.69, 9.17) is 5.11 Å². The Morgan fingerprint density at radius 3 is 2.00 bits per heavy atom. The number of nitrogens with one attached hydrogen (secondary N) is 2. The quantitative estimate of drug-likeness (QED) is 0.448. The molecule has 0 radical (unpaired) electrons. The molecule has 15 heavy (non-hydrogen) atoms. The minimum absolute atomic E-state index is 0.0303. The molecule has 5 heteroatoms. The van der Waals surface area contributed by atoms with Gasteiger partial charge in [-0.05, 0) is 32.9 Å². The second-order valence-corrected chi connectivity index (χ2v) is 3.51. The second-order valence-electron chi connectivity index (χ2n) is 3.51. The zero-order valence-electron chi connectivity index (χ0n) is 9.21. The molecular weight excluding hydrogens is 196 g/mol. The molecule has 0 heterocycles. The highest BCUT2D eigenvalue weighted by molar-refractivity contribution is 5.77. The van der Waals surface area contributed by atoms with Gasteiger partial charge in [0.25, 0.3) is 0 Å². The summed E-state index contributed by atoms with van der Waals surface area (Å²) in [7, 11) is 0. The van der Waals surface area contributed by atoms with Crippen molar-refractivity contribution in [2.24, 2.45) is 0 Å². The molecule has 0 rings (SSSR count). The first-order valence-corrected chi connectivity index (χ1v) is 5.25. The minimum Gasteiger partial charge on any atom is -0.480 e. The Balaban J connectivity index is 2.99. The van der Waals surface area contributed by atoms with Crippen molar-refractivity contribution in [3.63, 3.8) is 0 Å². The van der Waals surface area contributed by atoms with Crippen molar-refractivity contribution in [1.82, 2.24) is 10.6 Å². The van der Waals surface area contributed by atoms with E-state index in [0.29, 0.717) is 6.54 Å². The van der Waals surface area contributed by atoms with Gasteiger partial charge in [0.15, 0.2) is 0 Å². The van der Waals surface area contributed by atoms with Gasteiger partial charge >= 0.3 is 5.97 Å². The molecule has 0 bridgehead atoms. The number of Topliss-reactive ketones (excluding diaryl/α,β-unsaturated/α-hetero) is 1. The number of carbonyl (C=O) groups excluding carboxylic acids is 1. The van der Waals surface area contributed by atoms with E-state index < -0.39 is 5.97 Å². The molecule has 88 valence electrons. The van der Waals surface area contributed by atoms with Gasteiger partial charge in [0.05, 0.1) is 13.1 Å². The summed E-state index contributed by atoms with van der Waals surface area (Å²) in [6.45, 7) is 3.61. The van der Waals surface area contributed by atoms with E-state index >= 15 is 0 Å². The largest absolute Gasteiger partial charge is 0.480 e. The number of carbonyl (C=O) groups is 2. The van der Waals surface area contributed by atoms with Gasteiger partial charge in [-0.25, -0.2) is 0 Å². The highest BCUT2D eigenvalue weighted by Crippen LogP contribution is 1.91. The maximum absolute atomic E-state index is 10.6. The van der Waals surface area contributed by atoms with Gasteiger partial charge in [0.2, 0.25) is 0 Å². The summed E-state index contributed by atoms with van der Waals surface area (Å²) in [4.78, 5) is 20.7. The molecule has 0 saturated heterocycles. The number of hydrogen-bond donors (Lipinski definition) is 3. The monoisotopic (exact) mass is 216 g/mol. The topological polar surface area (TPSA) is 78.4 Å². The van der Waals surface area contributed by atoms with Crippen molar-refractivity contribution < 1.29 is 14.7 Å². The first-order valence-electron chi connectivity index (χ1n) is 5.25. The van der Waals surface area contributed by atoms with Crippen LogP contribution in [0.2, 0.25) is 0 Å². The third kappa shape index (κ3) is 13.1. The van der Waals surface area contributed by atoms with Crippen LogP contribution in [0.3, 0.4) is 0 Å². The molecule has 5 nitrogen and oxygen atoms in total. The van der Waals surface area contributed by atoms with E-state index in [-0.39, 0.29) is 12.3 Å². The van der Waals surface area contributed by atoms with Gasteiger partial charge in [0, 0.05) is 0 Å². The highest BCUT2D eigenvalue weighted by Gasteiger charge is 1.95. The van der Waals surface area contributed by atoms with Crippen molar-refractivity contribution in [1.29, 1.82) is 0 Å². The summed E-state index contributed by atoms with van der Waals surface area (Å²) >= 11 is 0. The average Bonchev–Trinajstić information content (AvgIpc) is 2.14. The Morgan fingerprint density at radius 2 is 1.53 bits per heavy atom. The molecule has 0 spiro atoms. The lowest BCUT2D eigenvalue weighted by Gasteiger charge is -2.03.